The molecule has 0 saturated carbocycles. The van der Waals surface area contributed by atoms with Crippen LogP contribution >= 0.6 is 0 Å². The highest BCUT2D eigenvalue weighted by Crippen LogP contribution is 2.26. The van der Waals surface area contributed by atoms with Gasteiger partial charge in [-0.25, -0.2) is 4.79 Å². The summed E-state index contributed by atoms with van der Waals surface area (Å²) in [7, 11) is 0. The molecule has 1 N–H and O–H groups in total. The second-order valence-electron chi connectivity index (χ2n) is 5.43. The zero-order valence-corrected chi connectivity index (χ0v) is 11.6. The van der Waals surface area contributed by atoms with Crippen LogP contribution in [-0.2, 0) is 5.41 Å². The summed E-state index contributed by atoms with van der Waals surface area (Å²) >= 11 is 0. The molecule has 1 aromatic heterocycles. The molecule has 9 nitrogen and oxygen atoms in total. The maximum atomic E-state index is 11.3. The fraction of sp³-hybridized carbons (Fsp3) is 0.333. The van der Waals surface area contributed by atoms with Gasteiger partial charge in [-0.3, -0.25) is 10.1 Å². The van der Waals surface area contributed by atoms with Gasteiger partial charge in [0.2, 0.25) is 0 Å². The Hall–Kier alpha value is -2.84. The number of aromatic carboxylic acids is 1. The Kier molecular flexibility index (Phi) is 3.42. The van der Waals surface area contributed by atoms with E-state index in [0.717, 1.165) is 12.1 Å². The number of carbonyl (C=O) groups is 1. The molecule has 2 aromatic rings. The molecule has 0 fully saturated rings. The summed E-state index contributed by atoms with van der Waals surface area (Å²) in [5, 5.41) is 31.3. The molecule has 0 aliphatic carbocycles. The number of carboxylic acids is 1. The maximum absolute atomic E-state index is 11.3. The van der Waals surface area contributed by atoms with Crippen molar-refractivity contribution in [1.29, 1.82) is 0 Å². The average Bonchev–Trinajstić information content (AvgIpc) is 2.86. The number of rotatable bonds is 3. The number of nitro benzene ring substituents is 1. The number of hydrogen-bond acceptors (Lipinski definition) is 6. The van der Waals surface area contributed by atoms with Crippen molar-refractivity contribution < 1.29 is 14.8 Å². The Morgan fingerprint density at radius 1 is 1.38 bits per heavy atom. The van der Waals surface area contributed by atoms with Crippen LogP contribution in [0, 0.1) is 10.1 Å². The van der Waals surface area contributed by atoms with Crippen molar-refractivity contribution in [2.75, 3.05) is 0 Å². The van der Waals surface area contributed by atoms with Crippen LogP contribution in [-0.4, -0.2) is 36.2 Å². The normalized spacial score (nSPS) is 11.4. The van der Waals surface area contributed by atoms with E-state index in [1.165, 1.54) is 10.7 Å². The lowest BCUT2D eigenvalue weighted by Gasteiger charge is -2.17. The van der Waals surface area contributed by atoms with Gasteiger partial charge in [0.05, 0.1) is 16.2 Å². The van der Waals surface area contributed by atoms with Gasteiger partial charge in [0, 0.05) is 17.5 Å². The monoisotopic (exact) mass is 291 g/mol. The number of aromatic nitrogens is 4. The quantitative estimate of drug-likeness (QED) is 0.672. The molecule has 1 aromatic carbocycles. The van der Waals surface area contributed by atoms with Crippen molar-refractivity contribution in [2.24, 2.45) is 0 Å². The van der Waals surface area contributed by atoms with Gasteiger partial charge in [-0.05, 0) is 16.5 Å². The minimum Gasteiger partial charge on any atom is -0.478 e. The van der Waals surface area contributed by atoms with E-state index in [1.54, 1.807) is 0 Å². The second-order valence-corrected chi connectivity index (χ2v) is 5.43. The third-order valence-electron chi connectivity index (χ3n) is 2.79. The highest BCUT2D eigenvalue weighted by atomic mass is 16.6. The van der Waals surface area contributed by atoms with Crippen LogP contribution in [0.1, 0.15) is 37.0 Å². The average molecular weight is 291 g/mol. The second kappa shape index (κ2) is 4.93. The molecule has 0 saturated heterocycles. The van der Waals surface area contributed by atoms with E-state index < -0.39 is 16.3 Å². The first-order chi connectivity index (χ1) is 9.71. The van der Waals surface area contributed by atoms with Crippen LogP contribution in [0.2, 0.25) is 0 Å². The lowest BCUT2D eigenvalue weighted by molar-refractivity contribution is -0.384. The molecule has 0 spiro atoms. The summed E-state index contributed by atoms with van der Waals surface area (Å²) in [6.07, 6.45) is 0. The van der Waals surface area contributed by atoms with E-state index in [2.05, 4.69) is 15.5 Å². The predicted molar refractivity (Wildman–Crippen MR) is 71.5 cm³/mol. The molecule has 0 radical (unpaired) electrons. The highest BCUT2D eigenvalue weighted by molar-refractivity contribution is 5.92. The molecule has 21 heavy (non-hydrogen) atoms. The van der Waals surface area contributed by atoms with Gasteiger partial charge in [0.15, 0.2) is 5.82 Å². The van der Waals surface area contributed by atoms with Crippen LogP contribution in [0.25, 0.3) is 5.69 Å². The third-order valence-corrected chi connectivity index (χ3v) is 2.79. The van der Waals surface area contributed by atoms with E-state index >= 15 is 0 Å². The Labute approximate surface area is 119 Å². The number of nitro groups is 1. The topological polar surface area (TPSA) is 124 Å². The van der Waals surface area contributed by atoms with E-state index in [0.29, 0.717) is 5.82 Å². The number of hydrogen-bond donors (Lipinski definition) is 1. The minimum absolute atomic E-state index is 0.0617. The van der Waals surface area contributed by atoms with Crippen LogP contribution in [0.4, 0.5) is 5.69 Å². The molecular weight excluding hydrogens is 278 g/mol. The smallest absolute Gasteiger partial charge is 0.337 e. The number of nitrogens with zero attached hydrogens (tertiary/aromatic N) is 5. The first kappa shape index (κ1) is 14.6. The van der Waals surface area contributed by atoms with Crippen molar-refractivity contribution >= 4 is 11.7 Å². The Balaban J connectivity index is 2.73. The van der Waals surface area contributed by atoms with Crippen LogP contribution in [0.5, 0.6) is 0 Å². The van der Waals surface area contributed by atoms with Gasteiger partial charge < -0.3 is 5.11 Å². The van der Waals surface area contributed by atoms with Crippen LogP contribution < -0.4 is 0 Å². The summed E-state index contributed by atoms with van der Waals surface area (Å²) in [4.78, 5) is 21.6. The lowest BCUT2D eigenvalue weighted by Crippen LogP contribution is -2.20. The number of carboxylic acid groups (broad SMARTS) is 1. The van der Waals surface area contributed by atoms with E-state index in [-0.39, 0.29) is 16.9 Å². The Morgan fingerprint density at radius 3 is 2.57 bits per heavy atom. The fourth-order valence-corrected chi connectivity index (χ4v) is 1.81. The molecular formula is C12H13N5O4. The van der Waals surface area contributed by atoms with Crippen LogP contribution in [0.15, 0.2) is 18.2 Å². The Bertz CT molecular complexity index is 717. The first-order valence-corrected chi connectivity index (χ1v) is 6.03. The first-order valence-electron chi connectivity index (χ1n) is 6.03. The Morgan fingerprint density at radius 2 is 2.05 bits per heavy atom. The fourth-order valence-electron chi connectivity index (χ4n) is 1.81. The molecule has 0 atom stereocenters. The summed E-state index contributed by atoms with van der Waals surface area (Å²) in [6, 6.07) is 3.45. The maximum Gasteiger partial charge on any atom is 0.337 e. The van der Waals surface area contributed by atoms with Crippen molar-refractivity contribution in [3.63, 3.8) is 0 Å². The standard InChI is InChI=1S/C12H13N5O4/c1-12(2,3)11-13-14-15-16(11)9-6-7(17(20)21)4-5-8(9)10(18)19/h4-6H,1-3H3,(H,18,19). The molecule has 0 aliphatic rings. The van der Waals surface area contributed by atoms with E-state index in [4.69, 9.17) is 0 Å². The van der Waals surface area contributed by atoms with Crippen molar-refractivity contribution in [3.8, 4) is 5.69 Å². The molecule has 0 aliphatic heterocycles. The number of benzene rings is 1. The lowest BCUT2D eigenvalue weighted by atomic mass is 9.95. The predicted octanol–water partition coefficient (Wildman–Crippen LogP) is 1.57. The third kappa shape index (κ3) is 2.71. The van der Waals surface area contributed by atoms with Gasteiger partial charge in [-0.1, -0.05) is 20.8 Å². The molecule has 2 rings (SSSR count). The summed E-state index contributed by atoms with van der Waals surface area (Å²) in [5.74, 6) is -0.805. The molecule has 110 valence electrons. The number of tetrazole rings is 1. The number of non-ortho nitro benzene ring substituents is 1. The van der Waals surface area contributed by atoms with Crippen molar-refractivity contribution in [3.05, 3.63) is 39.7 Å². The van der Waals surface area contributed by atoms with Crippen molar-refractivity contribution in [1.82, 2.24) is 20.2 Å². The summed E-state index contributed by atoms with van der Waals surface area (Å²) < 4.78 is 1.22. The van der Waals surface area contributed by atoms with Gasteiger partial charge in [0.1, 0.15) is 0 Å². The van der Waals surface area contributed by atoms with E-state index in [9.17, 15) is 20.0 Å². The molecule has 0 unspecified atom stereocenters. The minimum atomic E-state index is -1.21. The van der Waals surface area contributed by atoms with Crippen molar-refractivity contribution in [2.45, 2.75) is 26.2 Å². The summed E-state index contributed by atoms with van der Waals surface area (Å²) in [6.45, 7) is 5.56. The molecule has 0 amide bonds. The summed E-state index contributed by atoms with van der Waals surface area (Å²) in [5.41, 5.74) is -0.737. The molecule has 1 heterocycles. The zero-order chi connectivity index (χ0) is 15.8. The largest absolute Gasteiger partial charge is 0.478 e. The zero-order valence-electron chi connectivity index (χ0n) is 11.6. The van der Waals surface area contributed by atoms with E-state index in [1.807, 2.05) is 20.8 Å². The molecule has 0 bridgehead atoms. The van der Waals surface area contributed by atoms with Gasteiger partial charge in [0.25, 0.3) is 5.69 Å². The van der Waals surface area contributed by atoms with Gasteiger partial charge in [-0.2, -0.15) is 4.68 Å². The van der Waals surface area contributed by atoms with Crippen LogP contribution in [0.3, 0.4) is 0 Å². The van der Waals surface area contributed by atoms with Gasteiger partial charge >= 0.3 is 5.97 Å². The molecule has 9 heteroatoms. The SMILES string of the molecule is CC(C)(C)c1nnnn1-c1cc([N+](=O)[O-])ccc1C(=O)O. The van der Waals surface area contributed by atoms with Gasteiger partial charge in [-0.15, -0.1) is 5.10 Å². The highest BCUT2D eigenvalue weighted by Gasteiger charge is 2.26.